The number of ether oxygens (including phenoxy) is 2. The number of anilines is 1. The first-order chi connectivity index (χ1) is 8.74. The Morgan fingerprint density at radius 1 is 1.17 bits per heavy atom. The van der Waals surface area contributed by atoms with Crippen LogP contribution in [0.5, 0.6) is 0 Å². The number of methoxy groups -OCH3 is 1. The summed E-state index contributed by atoms with van der Waals surface area (Å²) in [6.45, 7) is 7.52. The van der Waals surface area contributed by atoms with Gasteiger partial charge in [0.15, 0.2) is 0 Å². The fourth-order valence-corrected chi connectivity index (χ4v) is 1.68. The maximum atomic E-state index is 5.49. The van der Waals surface area contributed by atoms with E-state index in [1.165, 1.54) is 11.3 Å². The van der Waals surface area contributed by atoms with Crippen molar-refractivity contribution >= 4 is 5.69 Å². The monoisotopic (exact) mass is 251 g/mol. The summed E-state index contributed by atoms with van der Waals surface area (Å²) in [5.74, 6) is 0.567. The molecule has 1 rings (SSSR count). The Balaban J connectivity index is 2.17. The van der Waals surface area contributed by atoms with Crippen molar-refractivity contribution in [1.82, 2.24) is 0 Å². The van der Waals surface area contributed by atoms with E-state index in [9.17, 15) is 0 Å². The minimum atomic E-state index is 0.567. The van der Waals surface area contributed by atoms with Crippen LogP contribution < -0.4 is 5.32 Å². The lowest BCUT2D eigenvalue weighted by atomic mass is 10.0. The summed E-state index contributed by atoms with van der Waals surface area (Å²) < 4.78 is 10.5. The molecule has 0 fully saturated rings. The summed E-state index contributed by atoms with van der Waals surface area (Å²) >= 11 is 0. The Kier molecular flexibility index (Phi) is 7.46. The van der Waals surface area contributed by atoms with E-state index in [1.54, 1.807) is 7.11 Å². The highest BCUT2D eigenvalue weighted by Gasteiger charge is 1.99. The van der Waals surface area contributed by atoms with E-state index in [2.05, 4.69) is 43.4 Å². The van der Waals surface area contributed by atoms with Gasteiger partial charge in [-0.1, -0.05) is 26.0 Å². The number of benzene rings is 1. The zero-order valence-electron chi connectivity index (χ0n) is 11.7. The van der Waals surface area contributed by atoms with Crippen LogP contribution in [0.2, 0.25) is 0 Å². The Hall–Kier alpha value is -1.06. The van der Waals surface area contributed by atoms with Crippen molar-refractivity contribution in [1.29, 1.82) is 0 Å². The second kappa shape index (κ2) is 8.95. The molecule has 0 saturated heterocycles. The zero-order valence-corrected chi connectivity index (χ0v) is 11.7. The summed E-state index contributed by atoms with van der Waals surface area (Å²) in [5.41, 5.74) is 2.53. The van der Waals surface area contributed by atoms with Gasteiger partial charge in [0.1, 0.15) is 0 Å². The Morgan fingerprint density at radius 2 is 2.00 bits per heavy atom. The molecule has 0 bridgehead atoms. The Morgan fingerprint density at radius 3 is 2.72 bits per heavy atom. The quantitative estimate of drug-likeness (QED) is 0.683. The van der Waals surface area contributed by atoms with Crippen LogP contribution in [0.4, 0.5) is 5.69 Å². The third kappa shape index (κ3) is 6.03. The molecule has 3 heteroatoms. The average molecular weight is 251 g/mol. The van der Waals surface area contributed by atoms with Crippen LogP contribution in [0.3, 0.4) is 0 Å². The van der Waals surface area contributed by atoms with Crippen molar-refractivity contribution in [2.75, 3.05) is 38.8 Å². The van der Waals surface area contributed by atoms with Crippen LogP contribution in [0.1, 0.15) is 31.7 Å². The molecule has 0 atom stereocenters. The van der Waals surface area contributed by atoms with E-state index >= 15 is 0 Å². The molecule has 0 aliphatic rings. The topological polar surface area (TPSA) is 30.5 Å². The molecule has 1 aromatic carbocycles. The lowest BCUT2D eigenvalue weighted by Gasteiger charge is -2.10. The van der Waals surface area contributed by atoms with Gasteiger partial charge in [-0.25, -0.2) is 0 Å². The zero-order chi connectivity index (χ0) is 13.2. The summed E-state index contributed by atoms with van der Waals surface area (Å²) in [4.78, 5) is 0. The molecule has 18 heavy (non-hydrogen) atoms. The van der Waals surface area contributed by atoms with Gasteiger partial charge in [0, 0.05) is 32.6 Å². The summed E-state index contributed by atoms with van der Waals surface area (Å²) in [5, 5.41) is 3.37. The van der Waals surface area contributed by atoms with Crippen LogP contribution in [0, 0.1) is 0 Å². The summed E-state index contributed by atoms with van der Waals surface area (Å²) in [6, 6.07) is 8.56. The van der Waals surface area contributed by atoms with E-state index < -0.39 is 0 Å². The van der Waals surface area contributed by atoms with Crippen molar-refractivity contribution in [2.45, 2.75) is 26.2 Å². The first kappa shape index (κ1) is 15.0. The summed E-state index contributed by atoms with van der Waals surface area (Å²) in [7, 11) is 1.71. The van der Waals surface area contributed by atoms with Gasteiger partial charge >= 0.3 is 0 Å². The largest absolute Gasteiger partial charge is 0.385 e. The molecule has 0 radical (unpaired) electrons. The van der Waals surface area contributed by atoms with E-state index in [0.717, 1.165) is 32.8 Å². The van der Waals surface area contributed by atoms with Crippen molar-refractivity contribution < 1.29 is 9.47 Å². The molecule has 0 aliphatic carbocycles. The van der Waals surface area contributed by atoms with E-state index in [-0.39, 0.29) is 0 Å². The van der Waals surface area contributed by atoms with Crippen LogP contribution in [0.25, 0.3) is 0 Å². The maximum Gasteiger partial charge on any atom is 0.0639 e. The predicted molar refractivity (Wildman–Crippen MR) is 76.3 cm³/mol. The Bertz CT molecular complexity index is 326. The number of rotatable bonds is 9. The first-order valence-electron chi connectivity index (χ1n) is 6.64. The third-order valence-corrected chi connectivity index (χ3v) is 2.77. The van der Waals surface area contributed by atoms with Crippen molar-refractivity contribution in [3.8, 4) is 0 Å². The number of nitrogens with one attached hydrogen (secondary N) is 1. The van der Waals surface area contributed by atoms with Gasteiger partial charge in [0.05, 0.1) is 6.61 Å². The van der Waals surface area contributed by atoms with Crippen LogP contribution >= 0.6 is 0 Å². The van der Waals surface area contributed by atoms with Crippen molar-refractivity contribution in [3.05, 3.63) is 29.8 Å². The molecule has 0 saturated carbocycles. The minimum absolute atomic E-state index is 0.567. The fraction of sp³-hybridized carbons (Fsp3) is 0.600. The smallest absolute Gasteiger partial charge is 0.0639 e. The molecule has 1 N–H and O–H groups in total. The average Bonchev–Trinajstić information content (AvgIpc) is 2.38. The summed E-state index contributed by atoms with van der Waals surface area (Å²) in [6.07, 6.45) is 0.958. The molecule has 0 aliphatic heterocycles. The van der Waals surface area contributed by atoms with Gasteiger partial charge in [-0.2, -0.15) is 0 Å². The second-order valence-electron chi connectivity index (χ2n) is 4.67. The molecule has 1 aromatic rings. The lowest BCUT2D eigenvalue weighted by molar-refractivity contribution is 0.109. The van der Waals surface area contributed by atoms with Crippen LogP contribution in [0.15, 0.2) is 24.3 Å². The first-order valence-corrected chi connectivity index (χ1v) is 6.64. The van der Waals surface area contributed by atoms with E-state index in [0.29, 0.717) is 5.92 Å². The highest BCUT2D eigenvalue weighted by molar-refractivity contribution is 5.46. The fourth-order valence-electron chi connectivity index (χ4n) is 1.68. The third-order valence-electron chi connectivity index (χ3n) is 2.77. The van der Waals surface area contributed by atoms with Crippen LogP contribution in [-0.4, -0.2) is 33.5 Å². The molecule has 0 unspecified atom stereocenters. The number of hydrogen-bond acceptors (Lipinski definition) is 3. The maximum absolute atomic E-state index is 5.49. The lowest BCUT2D eigenvalue weighted by Crippen LogP contribution is -2.10. The minimum Gasteiger partial charge on any atom is -0.385 e. The standard InChI is InChI=1S/C15H25NO2/c1-13(2)14-6-4-7-15(12-14)16-8-11-18-10-5-9-17-3/h4,6-7,12-13,16H,5,8-11H2,1-3H3. The van der Waals surface area contributed by atoms with Crippen molar-refractivity contribution in [2.24, 2.45) is 0 Å². The molecule has 0 aromatic heterocycles. The van der Waals surface area contributed by atoms with Gasteiger partial charge in [0.2, 0.25) is 0 Å². The van der Waals surface area contributed by atoms with Gasteiger partial charge in [-0.15, -0.1) is 0 Å². The SMILES string of the molecule is COCCCOCCNc1cccc(C(C)C)c1. The molecule has 102 valence electrons. The second-order valence-corrected chi connectivity index (χ2v) is 4.67. The van der Waals surface area contributed by atoms with Gasteiger partial charge in [-0.05, 0) is 30.0 Å². The normalized spacial score (nSPS) is 10.9. The molecule has 3 nitrogen and oxygen atoms in total. The van der Waals surface area contributed by atoms with Crippen LogP contribution in [-0.2, 0) is 9.47 Å². The van der Waals surface area contributed by atoms with Crippen molar-refractivity contribution in [3.63, 3.8) is 0 Å². The Labute approximate surface area is 110 Å². The highest BCUT2D eigenvalue weighted by atomic mass is 16.5. The molecule has 0 spiro atoms. The predicted octanol–water partition coefficient (Wildman–Crippen LogP) is 3.28. The van der Waals surface area contributed by atoms with E-state index in [4.69, 9.17) is 9.47 Å². The molecule has 0 heterocycles. The van der Waals surface area contributed by atoms with Gasteiger partial charge in [-0.3, -0.25) is 0 Å². The van der Waals surface area contributed by atoms with Gasteiger partial charge < -0.3 is 14.8 Å². The molecular formula is C15H25NO2. The highest BCUT2D eigenvalue weighted by Crippen LogP contribution is 2.18. The molecular weight excluding hydrogens is 226 g/mol. The molecule has 0 amide bonds. The van der Waals surface area contributed by atoms with Gasteiger partial charge in [0.25, 0.3) is 0 Å². The van der Waals surface area contributed by atoms with E-state index in [1.807, 2.05) is 0 Å². The number of hydrogen-bond donors (Lipinski definition) is 1.